The summed E-state index contributed by atoms with van der Waals surface area (Å²) in [7, 11) is 0. The van der Waals surface area contributed by atoms with Gasteiger partial charge in [-0.1, -0.05) is 0 Å². The fourth-order valence-electron chi connectivity index (χ4n) is 1.12. The van der Waals surface area contributed by atoms with Gasteiger partial charge in [0.2, 0.25) is 0 Å². The van der Waals surface area contributed by atoms with Crippen LogP contribution in [0.2, 0.25) is 0 Å². The Balaban J connectivity index is 2.55. The van der Waals surface area contributed by atoms with Gasteiger partial charge in [0.15, 0.2) is 5.65 Å². The molecule has 2 aromatic heterocycles. The molecule has 2 aromatic rings. The maximum Gasteiger partial charge on any atom is 0.163 e. The smallest absolute Gasteiger partial charge is 0.163 e. The zero-order valence-electron chi connectivity index (χ0n) is 6.51. The Hall–Kier alpha value is -1.49. The van der Waals surface area contributed by atoms with Crippen molar-refractivity contribution in [3.8, 4) is 0 Å². The highest BCUT2D eigenvalue weighted by Crippen LogP contribution is 2.05. The normalized spacial score (nSPS) is 10.8. The quantitative estimate of drug-likeness (QED) is 0.664. The Morgan fingerprint density at radius 3 is 3.17 bits per heavy atom. The second-order valence-electron chi connectivity index (χ2n) is 2.46. The van der Waals surface area contributed by atoms with E-state index in [-0.39, 0.29) is 0 Å². The summed E-state index contributed by atoms with van der Waals surface area (Å²) in [5.74, 6) is 0. The molecule has 0 aliphatic carbocycles. The number of imidazole rings is 1. The standard InChI is InChI=1S/C7H9N5/c8-1-2-12-5-11-6-3-9-4-10-7(6)12/h3-5H,1-2,8H2. The van der Waals surface area contributed by atoms with Crippen LogP contribution in [0.5, 0.6) is 0 Å². The van der Waals surface area contributed by atoms with Gasteiger partial charge in [0.1, 0.15) is 11.8 Å². The average Bonchev–Trinajstić information content (AvgIpc) is 2.50. The zero-order chi connectivity index (χ0) is 8.39. The lowest BCUT2D eigenvalue weighted by atomic mass is 10.5. The first kappa shape index (κ1) is 7.17. The van der Waals surface area contributed by atoms with E-state index in [9.17, 15) is 0 Å². The molecule has 0 bridgehead atoms. The summed E-state index contributed by atoms with van der Waals surface area (Å²) in [6.45, 7) is 1.34. The lowest BCUT2D eigenvalue weighted by Gasteiger charge is -1.97. The van der Waals surface area contributed by atoms with Crippen LogP contribution in [0, 0.1) is 0 Å². The topological polar surface area (TPSA) is 69.6 Å². The summed E-state index contributed by atoms with van der Waals surface area (Å²) in [6, 6.07) is 0. The number of nitrogens with two attached hydrogens (primary N) is 1. The highest BCUT2D eigenvalue weighted by atomic mass is 15.1. The molecule has 0 aliphatic heterocycles. The van der Waals surface area contributed by atoms with E-state index in [1.165, 1.54) is 6.33 Å². The van der Waals surface area contributed by atoms with Gasteiger partial charge >= 0.3 is 0 Å². The van der Waals surface area contributed by atoms with Crippen molar-refractivity contribution in [1.29, 1.82) is 0 Å². The van der Waals surface area contributed by atoms with Crippen LogP contribution in [0.1, 0.15) is 0 Å². The Morgan fingerprint density at radius 1 is 1.42 bits per heavy atom. The maximum atomic E-state index is 5.42. The van der Waals surface area contributed by atoms with E-state index in [0.717, 1.165) is 17.7 Å². The number of rotatable bonds is 2. The fraction of sp³-hybridized carbons (Fsp3) is 0.286. The first-order chi connectivity index (χ1) is 5.92. The summed E-state index contributed by atoms with van der Waals surface area (Å²) in [6.07, 6.45) is 4.93. The van der Waals surface area contributed by atoms with Crippen LogP contribution in [0.15, 0.2) is 18.9 Å². The highest BCUT2D eigenvalue weighted by Gasteiger charge is 2.00. The SMILES string of the molecule is NCCn1cnc2cncnc21. The molecular formula is C7H9N5. The third-order valence-corrected chi connectivity index (χ3v) is 1.65. The van der Waals surface area contributed by atoms with Gasteiger partial charge in [-0.15, -0.1) is 0 Å². The van der Waals surface area contributed by atoms with Crippen molar-refractivity contribution in [2.75, 3.05) is 6.54 Å². The molecule has 0 amide bonds. The molecule has 0 unspecified atom stereocenters. The van der Waals surface area contributed by atoms with Gasteiger partial charge < -0.3 is 10.3 Å². The predicted molar refractivity (Wildman–Crippen MR) is 44.4 cm³/mol. The number of nitrogens with zero attached hydrogens (tertiary/aromatic N) is 4. The van der Waals surface area contributed by atoms with E-state index < -0.39 is 0 Å². The first-order valence-electron chi connectivity index (χ1n) is 3.72. The Kier molecular flexibility index (Phi) is 1.71. The first-order valence-corrected chi connectivity index (χ1v) is 3.72. The van der Waals surface area contributed by atoms with Gasteiger partial charge in [0, 0.05) is 13.1 Å². The number of aromatic nitrogens is 4. The van der Waals surface area contributed by atoms with Crippen molar-refractivity contribution in [2.24, 2.45) is 5.73 Å². The van der Waals surface area contributed by atoms with Crippen molar-refractivity contribution in [3.63, 3.8) is 0 Å². The third-order valence-electron chi connectivity index (χ3n) is 1.65. The zero-order valence-corrected chi connectivity index (χ0v) is 6.51. The van der Waals surface area contributed by atoms with Gasteiger partial charge in [0.25, 0.3) is 0 Å². The predicted octanol–water partition coefficient (Wildman–Crippen LogP) is -0.215. The van der Waals surface area contributed by atoms with Gasteiger partial charge in [0.05, 0.1) is 12.5 Å². The molecule has 0 radical (unpaired) electrons. The Labute approximate surface area is 69.3 Å². The minimum absolute atomic E-state index is 0.593. The van der Waals surface area contributed by atoms with E-state index in [2.05, 4.69) is 15.0 Å². The van der Waals surface area contributed by atoms with Gasteiger partial charge in [-0.25, -0.2) is 15.0 Å². The number of fused-ring (bicyclic) bond motifs is 1. The molecule has 0 aliphatic rings. The molecule has 12 heavy (non-hydrogen) atoms. The molecule has 2 N–H and O–H groups in total. The Morgan fingerprint density at radius 2 is 2.33 bits per heavy atom. The monoisotopic (exact) mass is 163 g/mol. The van der Waals surface area contributed by atoms with Gasteiger partial charge in [-0.2, -0.15) is 0 Å². The van der Waals surface area contributed by atoms with Crippen LogP contribution in [0.25, 0.3) is 11.2 Å². The highest BCUT2D eigenvalue weighted by molar-refractivity contribution is 5.68. The van der Waals surface area contributed by atoms with E-state index in [1.807, 2.05) is 4.57 Å². The van der Waals surface area contributed by atoms with Crippen LogP contribution < -0.4 is 5.73 Å². The molecule has 5 heteroatoms. The van der Waals surface area contributed by atoms with E-state index in [4.69, 9.17) is 5.73 Å². The molecule has 2 heterocycles. The summed E-state index contributed by atoms with van der Waals surface area (Å²) in [5.41, 5.74) is 7.07. The molecule has 2 rings (SSSR count). The summed E-state index contributed by atoms with van der Waals surface area (Å²) in [5, 5.41) is 0. The Bertz CT molecular complexity index is 380. The molecule has 0 atom stereocenters. The molecule has 0 saturated carbocycles. The number of hydrogen-bond acceptors (Lipinski definition) is 4. The fourth-order valence-corrected chi connectivity index (χ4v) is 1.12. The van der Waals surface area contributed by atoms with E-state index in [1.54, 1.807) is 12.5 Å². The lowest BCUT2D eigenvalue weighted by Crippen LogP contribution is -2.09. The third kappa shape index (κ3) is 1.04. The molecule has 0 fully saturated rings. The average molecular weight is 163 g/mol. The van der Waals surface area contributed by atoms with Crippen LogP contribution in [0.4, 0.5) is 0 Å². The van der Waals surface area contributed by atoms with E-state index >= 15 is 0 Å². The minimum atomic E-state index is 0.593. The van der Waals surface area contributed by atoms with E-state index in [0.29, 0.717) is 6.54 Å². The van der Waals surface area contributed by atoms with Crippen molar-refractivity contribution in [3.05, 3.63) is 18.9 Å². The van der Waals surface area contributed by atoms with Crippen LogP contribution in [-0.2, 0) is 6.54 Å². The summed E-state index contributed by atoms with van der Waals surface area (Å²) >= 11 is 0. The summed E-state index contributed by atoms with van der Waals surface area (Å²) in [4.78, 5) is 12.1. The van der Waals surface area contributed by atoms with Crippen molar-refractivity contribution in [2.45, 2.75) is 6.54 Å². The molecule has 5 nitrogen and oxygen atoms in total. The summed E-state index contributed by atoms with van der Waals surface area (Å²) < 4.78 is 1.91. The molecule has 0 spiro atoms. The van der Waals surface area contributed by atoms with Crippen LogP contribution in [-0.4, -0.2) is 26.1 Å². The number of hydrogen-bond donors (Lipinski definition) is 1. The van der Waals surface area contributed by atoms with Crippen molar-refractivity contribution >= 4 is 11.2 Å². The molecule has 62 valence electrons. The molecular weight excluding hydrogens is 154 g/mol. The van der Waals surface area contributed by atoms with Crippen molar-refractivity contribution < 1.29 is 0 Å². The lowest BCUT2D eigenvalue weighted by molar-refractivity contribution is 0.721. The van der Waals surface area contributed by atoms with Gasteiger partial charge in [-0.05, 0) is 0 Å². The van der Waals surface area contributed by atoms with Crippen LogP contribution in [0.3, 0.4) is 0 Å². The minimum Gasteiger partial charge on any atom is -0.329 e. The molecule has 0 aromatic carbocycles. The van der Waals surface area contributed by atoms with Gasteiger partial charge in [-0.3, -0.25) is 0 Å². The van der Waals surface area contributed by atoms with Crippen molar-refractivity contribution in [1.82, 2.24) is 19.5 Å². The second kappa shape index (κ2) is 2.86. The maximum absolute atomic E-state index is 5.42. The van der Waals surface area contributed by atoms with Crippen LogP contribution >= 0.6 is 0 Å². The second-order valence-corrected chi connectivity index (χ2v) is 2.46. The largest absolute Gasteiger partial charge is 0.329 e. The molecule has 0 saturated heterocycles.